The van der Waals surface area contributed by atoms with Crippen molar-refractivity contribution in [3.05, 3.63) is 16.3 Å². The number of nitrogens with two attached hydrogens (primary N) is 2. The van der Waals surface area contributed by atoms with E-state index in [1.165, 1.54) is 10.4 Å². The highest BCUT2D eigenvalue weighted by Crippen LogP contribution is 2.32. The van der Waals surface area contributed by atoms with E-state index in [1.807, 2.05) is 0 Å². The van der Waals surface area contributed by atoms with Gasteiger partial charge < -0.3 is 11.5 Å². The van der Waals surface area contributed by atoms with Gasteiger partial charge in [0.25, 0.3) is 0 Å². The molecule has 0 unspecified atom stereocenters. The van der Waals surface area contributed by atoms with Crippen LogP contribution in [0.5, 0.6) is 0 Å². The Labute approximate surface area is 116 Å². The molecule has 2 aromatic rings. The molecular weight excluding hydrogens is 258 g/mol. The number of rotatable bonds is 2. The Morgan fingerprint density at radius 3 is 2.84 bits per heavy atom. The SMILES string of the molecule is Cc1sc2nc(CN3CC[C@H](N)C3)nc(N)c2c1C. The first-order valence-electron chi connectivity index (χ1n) is 6.54. The molecule has 0 saturated carbocycles. The van der Waals surface area contributed by atoms with Crippen molar-refractivity contribution in [2.24, 2.45) is 5.73 Å². The van der Waals surface area contributed by atoms with Gasteiger partial charge in [0.2, 0.25) is 0 Å². The van der Waals surface area contributed by atoms with Crippen molar-refractivity contribution in [3.8, 4) is 0 Å². The molecule has 2 aromatic heterocycles. The lowest BCUT2D eigenvalue weighted by atomic mass is 10.2. The van der Waals surface area contributed by atoms with Crippen LogP contribution in [0, 0.1) is 13.8 Å². The summed E-state index contributed by atoms with van der Waals surface area (Å²) in [5.41, 5.74) is 13.2. The Bertz CT molecular complexity index is 621. The summed E-state index contributed by atoms with van der Waals surface area (Å²) in [6.45, 7) is 6.85. The maximum atomic E-state index is 6.09. The third-order valence-corrected chi connectivity index (χ3v) is 4.88. The highest BCUT2D eigenvalue weighted by atomic mass is 32.1. The molecule has 0 bridgehead atoms. The zero-order valence-electron chi connectivity index (χ0n) is 11.3. The lowest BCUT2D eigenvalue weighted by molar-refractivity contribution is 0.319. The molecule has 0 aliphatic carbocycles. The van der Waals surface area contributed by atoms with Crippen LogP contribution in [0.2, 0.25) is 0 Å². The molecule has 19 heavy (non-hydrogen) atoms. The topological polar surface area (TPSA) is 81.1 Å². The summed E-state index contributed by atoms with van der Waals surface area (Å²) in [6.07, 6.45) is 1.05. The van der Waals surface area contributed by atoms with Gasteiger partial charge in [0.1, 0.15) is 16.5 Å². The minimum atomic E-state index is 0.285. The number of likely N-dealkylation sites (tertiary alicyclic amines) is 1. The number of nitrogens with zero attached hydrogens (tertiary/aromatic N) is 3. The molecule has 0 spiro atoms. The molecule has 1 saturated heterocycles. The summed E-state index contributed by atoms with van der Waals surface area (Å²) in [4.78, 5) is 13.7. The lowest BCUT2D eigenvalue weighted by Gasteiger charge is -2.14. The Balaban J connectivity index is 1.93. The van der Waals surface area contributed by atoms with Crippen LogP contribution < -0.4 is 11.5 Å². The number of aryl methyl sites for hydroxylation is 2. The Hall–Kier alpha value is -1.24. The van der Waals surface area contributed by atoms with Gasteiger partial charge in [0.15, 0.2) is 0 Å². The van der Waals surface area contributed by atoms with Gasteiger partial charge in [-0.25, -0.2) is 9.97 Å². The summed E-state index contributed by atoms with van der Waals surface area (Å²) < 4.78 is 0. The van der Waals surface area contributed by atoms with E-state index in [1.54, 1.807) is 11.3 Å². The van der Waals surface area contributed by atoms with Crippen LogP contribution in [0.15, 0.2) is 0 Å². The average Bonchev–Trinajstić information content (AvgIpc) is 2.85. The van der Waals surface area contributed by atoms with Gasteiger partial charge in [-0.05, 0) is 25.8 Å². The van der Waals surface area contributed by atoms with Crippen molar-refractivity contribution >= 4 is 27.4 Å². The van der Waals surface area contributed by atoms with E-state index in [9.17, 15) is 0 Å². The highest BCUT2D eigenvalue weighted by molar-refractivity contribution is 7.18. The van der Waals surface area contributed by atoms with Gasteiger partial charge in [-0.15, -0.1) is 11.3 Å². The minimum Gasteiger partial charge on any atom is -0.383 e. The quantitative estimate of drug-likeness (QED) is 0.867. The predicted molar refractivity (Wildman–Crippen MR) is 79.2 cm³/mol. The summed E-state index contributed by atoms with van der Waals surface area (Å²) in [6, 6.07) is 0.285. The van der Waals surface area contributed by atoms with E-state index in [-0.39, 0.29) is 6.04 Å². The number of hydrogen-bond donors (Lipinski definition) is 2. The summed E-state index contributed by atoms with van der Waals surface area (Å²) in [5.74, 6) is 1.41. The molecule has 1 aliphatic rings. The fourth-order valence-corrected chi connectivity index (χ4v) is 3.66. The monoisotopic (exact) mass is 277 g/mol. The molecule has 0 amide bonds. The van der Waals surface area contributed by atoms with Crippen molar-refractivity contribution in [1.82, 2.24) is 14.9 Å². The second-order valence-corrected chi connectivity index (χ2v) is 6.48. The fraction of sp³-hybridized carbons (Fsp3) is 0.538. The third-order valence-electron chi connectivity index (χ3n) is 3.78. The van der Waals surface area contributed by atoms with Gasteiger partial charge in [-0.3, -0.25) is 4.90 Å². The molecular formula is C13H19N5S. The second-order valence-electron chi connectivity index (χ2n) is 5.27. The molecule has 4 N–H and O–H groups in total. The molecule has 102 valence electrons. The van der Waals surface area contributed by atoms with Crippen LogP contribution in [0.3, 0.4) is 0 Å². The third kappa shape index (κ3) is 2.31. The number of fused-ring (bicyclic) bond motifs is 1. The molecule has 3 rings (SSSR count). The Morgan fingerprint density at radius 1 is 1.37 bits per heavy atom. The molecule has 6 heteroatoms. The largest absolute Gasteiger partial charge is 0.383 e. The smallest absolute Gasteiger partial charge is 0.146 e. The number of thiophene rings is 1. The van der Waals surface area contributed by atoms with Crippen molar-refractivity contribution in [2.45, 2.75) is 32.9 Å². The first kappa shape index (κ1) is 12.8. The molecule has 1 atom stereocenters. The zero-order valence-corrected chi connectivity index (χ0v) is 12.1. The van der Waals surface area contributed by atoms with Gasteiger partial charge in [-0.2, -0.15) is 0 Å². The zero-order chi connectivity index (χ0) is 13.6. The van der Waals surface area contributed by atoms with Crippen LogP contribution in [0.1, 0.15) is 22.7 Å². The van der Waals surface area contributed by atoms with E-state index >= 15 is 0 Å². The maximum Gasteiger partial charge on any atom is 0.146 e. The molecule has 5 nitrogen and oxygen atoms in total. The van der Waals surface area contributed by atoms with Gasteiger partial charge in [0, 0.05) is 24.0 Å². The Kier molecular flexibility index (Phi) is 3.16. The van der Waals surface area contributed by atoms with Crippen LogP contribution >= 0.6 is 11.3 Å². The van der Waals surface area contributed by atoms with Gasteiger partial charge in [0.05, 0.1) is 11.9 Å². The highest BCUT2D eigenvalue weighted by Gasteiger charge is 2.21. The molecule has 0 aromatic carbocycles. The van der Waals surface area contributed by atoms with Crippen LogP contribution in [-0.4, -0.2) is 34.0 Å². The van der Waals surface area contributed by atoms with Gasteiger partial charge in [-0.1, -0.05) is 0 Å². The van der Waals surface area contributed by atoms with E-state index in [0.717, 1.165) is 42.1 Å². The lowest BCUT2D eigenvalue weighted by Crippen LogP contribution is -2.27. The van der Waals surface area contributed by atoms with Gasteiger partial charge >= 0.3 is 0 Å². The molecule has 1 aliphatic heterocycles. The van der Waals surface area contributed by atoms with Crippen molar-refractivity contribution in [1.29, 1.82) is 0 Å². The minimum absolute atomic E-state index is 0.285. The average molecular weight is 277 g/mol. The number of anilines is 1. The maximum absolute atomic E-state index is 6.09. The van der Waals surface area contributed by atoms with Crippen molar-refractivity contribution < 1.29 is 0 Å². The van der Waals surface area contributed by atoms with Crippen molar-refractivity contribution in [3.63, 3.8) is 0 Å². The van der Waals surface area contributed by atoms with E-state index in [4.69, 9.17) is 11.5 Å². The predicted octanol–water partition coefficient (Wildman–Crippen LogP) is 1.42. The normalized spacial score (nSPS) is 20.5. The number of nitrogen functional groups attached to an aromatic ring is 1. The number of aromatic nitrogens is 2. The van der Waals surface area contributed by atoms with Crippen LogP contribution in [0.25, 0.3) is 10.2 Å². The fourth-order valence-electron chi connectivity index (χ4n) is 2.60. The van der Waals surface area contributed by atoms with E-state index < -0.39 is 0 Å². The standard InChI is InChI=1S/C13H19N5S/c1-7-8(2)19-13-11(7)12(15)16-10(17-13)6-18-4-3-9(14)5-18/h9H,3-6,14H2,1-2H3,(H2,15,16,17)/t9-/m0/s1. The van der Waals surface area contributed by atoms with Crippen molar-refractivity contribution in [2.75, 3.05) is 18.8 Å². The molecule has 3 heterocycles. The number of hydrogen-bond acceptors (Lipinski definition) is 6. The molecule has 0 radical (unpaired) electrons. The first-order valence-corrected chi connectivity index (χ1v) is 7.36. The van der Waals surface area contributed by atoms with Crippen LogP contribution in [-0.2, 0) is 6.54 Å². The van der Waals surface area contributed by atoms with E-state index in [0.29, 0.717) is 5.82 Å². The summed E-state index contributed by atoms with van der Waals surface area (Å²) in [5, 5.41) is 1.02. The first-order chi connectivity index (χ1) is 9.04. The second kappa shape index (κ2) is 4.70. The summed E-state index contributed by atoms with van der Waals surface area (Å²) in [7, 11) is 0. The Morgan fingerprint density at radius 2 is 2.16 bits per heavy atom. The summed E-state index contributed by atoms with van der Waals surface area (Å²) >= 11 is 1.69. The van der Waals surface area contributed by atoms with E-state index in [2.05, 4.69) is 28.7 Å². The molecule has 1 fully saturated rings. The van der Waals surface area contributed by atoms with Crippen LogP contribution in [0.4, 0.5) is 5.82 Å².